The molecule has 0 aromatic heterocycles. The summed E-state index contributed by atoms with van der Waals surface area (Å²) in [7, 11) is 0. The fourth-order valence-corrected chi connectivity index (χ4v) is 0. The summed E-state index contributed by atoms with van der Waals surface area (Å²) in [6.45, 7) is 0. The Morgan fingerprint density at radius 3 is 1.20 bits per heavy atom. The largest absolute Gasteiger partial charge is 0 e. The van der Waals surface area contributed by atoms with Crippen molar-refractivity contribution in [3.63, 3.8) is 0 Å². The van der Waals surface area contributed by atoms with Crippen molar-refractivity contribution in [3.05, 3.63) is 0 Å². The van der Waals surface area contributed by atoms with E-state index < -0.39 is 0 Å². The van der Waals surface area contributed by atoms with E-state index in [1.54, 1.807) is 5.82 Å². The van der Waals surface area contributed by atoms with Crippen LogP contribution >= 0.6 is 0 Å². The fourth-order valence-electron chi connectivity index (χ4n) is 0. The standard InChI is InChI=1S/CH3.Cu.Fe.Mn.Ni/h1H3;;;;. The van der Waals surface area contributed by atoms with E-state index >= 15 is 0 Å². The first-order chi connectivity index (χ1) is 1.00. The van der Waals surface area contributed by atoms with Crippen LogP contribution in [0.4, 0.5) is 0 Å². The van der Waals surface area contributed by atoms with Crippen LogP contribution in [0.1, 0.15) is 0 Å². The summed E-state index contributed by atoms with van der Waals surface area (Å²) in [6.07, 6.45) is 0. The molecule has 0 aliphatic heterocycles. The molecular formula is CH3CuFeMnNi. The quantitative estimate of drug-likeness (QED) is 0.550. The molecule has 0 atom stereocenters. The molecule has 2 radical (unpaired) electrons. The topological polar surface area (TPSA) is 0 Å². The van der Waals surface area contributed by atoms with Gasteiger partial charge in [0.2, 0.25) is 0 Å². The molecule has 0 aliphatic carbocycles. The van der Waals surface area contributed by atoms with Crippen LogP contribution in [0.2, 0.25) is 5.82 Å². The molecule has 0 nitrogen and oxygen atoms in total. The molecular weight excluding hydrogens is 245 g/mol. The van der Waals surface area contributed by atoms with Crippen molar-refractivity contribution >= 4 is 0 Å². The minimum Gasteiger partial charge on any atom is 0 e. The van der Waals surface area contributed by atoms with E-state index in [-0.39, 0.29) is 50.6 Å². The minimum atomic E-state index is 0. The van der Waals surface area contributed by atoms with E-state index in [1.807, 2.05) is 0 Å². The van der Waals surface area contributed by atoms with Gasteiger partial charge in [0.25, 0.3) is 0 Å². The minimum absolute atomic E-state index is 0. The van der Waals surface area contributed by atoms with Gasteiger partial charge in [-0.05, 0) is 0 Å². The Bertz CT molecular complexity index is 11.6. The SMILES string of the molecule is [CH3][Fe].[Cu].[Mn].[Ni]. The number of hydrogen-bond acceptors (Lipinski definition) is 0. The van der Waals surface area contributed by atoms with Gasteiger partial charge in [0.05, 0.1) is 0 Å². The first-order valence-corrected chi connectivity index (χ1v) is 1.46. The van der Waals surface area contributed by atoms with E-state index in [1.165, 1.54) is 0 Å². The summed E-state index contributed by atoms with van der Waals surface area (Å²) in [4.78, 5) is 0. The Labute approximate surface area is 71.9 Å². The van der Waals surface area contributed by atoms with Gasteiger partial charge < -0.3 is 0 Å². The van der Waals surface area contributed by atoms with Gasteiger partial charge in [-0.15, -0.1) is 0 Å². The first kappa shape index (κ1) is 27.7. The second-order valence-electron chi connectivity index (χ2n) is 0. The van der Waals surface area contributed by atoms with Gasteiger partial charge in [-0.25, -0.2) is 0 Å². The predicted molar refractivity (Wildman–Crippen MR) is 5.86 cm³/mol. The van der Waals surface area contributed by atoms with Crippen molar-refractivity contribution in [2.45, 2.75) is 5.82 Å². The van der Waals surface area contributed by atoms with Gasteiger partial charge in [0.1, 0.15) is 0 Å². The number of rotatable bonds is 0. The molecule has 0 aromatic rings. The van der Waals surface area contributed by atoms with Crippen LogP contribution in [0.3, 0.4) is 0 Å². The van der Waals surface area contributed by atoms with Crippen LogP contribution in [0, 0.1) is 0 Å². The Balaban J connectivity index is -0.00000000167. The van der Waals surface area contributed by atoms with E-state index in [0.29, 0.717) is 0 Å². The predicted octanol–water partition coefficient (Wildman–Crippen LogP) is 0.574. The van der Waals surface area contributed by atoms with E-state index in [0.717, 1.165) is 0 Å². The van der Waals surface area contributed by atoms with Crippen molar-refractivity contribution in [1.82, 2.24) is 0 Å². The van der Waals surface area contributed by atoms with Crippen LogP contribution in [0.5, 0.6) is 0 Å². The van der Waals surface area contributed by atoms with E-state index in [2.05, 4.69) is 16.0 Å². The zero-order chi connectivity index (χ0) is 2.00. The van der Waals surface area contributed by atoms with Gasteiger partial charge in [0, 0.05) is 50.6 Å². The molecule has 43 valence electrons. The average Bonchev–Trinajstić information content (AvgIpc) is 1.00. The molecule has 0 aromatic carbocycles. The zero-order valence-electron chi connectivity index (χ0n) is 2.35. The third-order valence-corrected chi connectivity index (χ3v) is 0. The summed E-state index contributed by atoms with van der Waals surface area (Å²) in [5, 5.41) is 0. The maximum Gasteiger partial charge on any atom is 0 e. The summed E-state index contributed by atoms with van der Waals surface area (Å²) in [5.41, 5.74) is 0. The maximum absolute atomic E-state index is 3.25. The summed E-state index contributed by atoms with van der Waals surface area (Å²) >= 11 is 3.25. The molecule has 5 heavy (non-hydrogen) atoms. The summed E-state index contributed by atoms with van der Waals surface area (Å²) < 4.78 is 0. The molecule has 0 amide bonds. The Hall–Kier alpha value is 2.05. The van der Waals surface area contributed by atoms with Crippen molar-refractivity contribution in [2.24, 2.45) is 0 Å². The van der Waals surface area contributed by atoms with Gasteiger partial charge in [-0.2, -0.15) is 0 Å². The molecule has 0 bridgehead atoms. The van der Waals surface area contributed by atoms with Crippen molar-refractivity contribution in [1.29, 1.82) is 0 Å². The van der Waals surface area contributed by atoms with Crippen molar-refractivity contribution < 1.29 is 66.6 Å². The van der Waals surface area contributed by atoms with Gasteiger partial charge in [-0.1, -0.05) is 0 Å². The van der Waals surface area contributed by atoms with Gasteiger partial charge in [-0.3, -0.25) is 0 Å². The van der Waals surface area contributed by atoms with E-state index in [4.69, 9.17) is 0 Å². The normalized spacial score (nSPS) is 1.20. The maximum atomic E-state index is 3.25. The molecule has 0 saturated carbocycles. The van der Waals surface area contributed by atoms with Crippen LogP contribution in [-0.4, -0.2) is 0 Å². The smallest absolute Gasteiger partial charge is 0 e. The van der Waals surface area contributed by atoms with E-state index in [9.17, 15) is 0 Å². The van der Waals surface area contributed by atoms with Crippen molar-refractivity contribution in [3.8, 4) is 0 Å². The molecule has 0 N–H and O–H groups in total. The monoisotopic (exact) mass is 247 g/mol. The van der Waals surface area contributed by atoms with Crippen molar-refractivity contribution in [2.75, 3.05) is 0 Å². The zero-order valence-corrected chi connectivity index (χ0v) is 6.56. The first-order valence-electron chi connectivity index (χ1n) is 0.354. The molecule has 0 rings (SSSR count). The van der Waals surface area contributed by atoms with Crippen LogP contribution in [-0.2, 0) is 66.6 Å². The summed E-state index contributed by atoms with van der Waals surface area (Å²) in [6, 6.07) is 0. The molecule has 0 fully saturated rings. The van der Waals surface area contributed by atoms with Gasteiger partial charge in [0.15, 0.2) is 0 Å². The Morgan fingerprint density at radius 2 is 1.20 bits per heavy atom. The average molecular weight is 248 g/mol. The Morgan fingerprint density at radius 1 is 1.20 bits per heavy atom. The molecule has 0 unspecified atom stereocenters. The number of hydrogen-bond donors (Lipinski definition) is 0. The van der Waals surface area contributed by atoms with Crippen LogP contribution in [0.15, 0.2) is 0 Å². The van der Waals surface area contributed by atoms with Crippen LogP contribution in [0.25, 0.3) is 0 Å². The molecule has 0 saturated heterocycles. The fraction of sp³-hybridized carbons (Fsp3) is 1.00. The van der Waals surface area contributed by atoms with Crippen LogP contribution < -0.4 is 0 Å². The third kappa shape index (κ3) is 23.6. The molecule has 0 heterocycles. The summed E-state index contributed by atoms with van der Waals surface area (Å²) in [5.74, 6) is 1.75. The second kappa shape index (κ2) is 36.7. The van der Waals surface area contributed by atoms with Gasteiger partial charge >= 0.3 is 21.8 Å². The second-order valence-corrected chi connectivity index (χ2v) is 0. The molecule has 0 spiro atoms. The molecule has 4 heteroatoms. The Kier molecular flexibility index (Phi) is 203. The third-order valence-electron chi connectivity index (χ3n) is 0. The molecule has 0 aliphatic rings.